The summed E-state index contributed by atoms with van der Waals surface area (Å²) < 4.78 is 10.2. The van der Waals surface area contributed by atoms with Gasteiger partial charge in [0.05, 0.1) is 6.61 Å². The summed E-state index contributed by atoms with van der Waals surface area (Å²) in [6, 6.07) is 6.47. The zero-order valence-corrected chi connectivity index (χ0v) is 14.3. The van der Waals surface area contributed by atoms with Crippen LogP contribution in [-0.2, 0) is 13.0 Å². The molecule has 1 aliphatic heterocycles. The Morgan fingerprint density at radius 3 is 2.91 bits per heavy atom. The van der Waals surface area contributed by atoms with Gasteiger partial charge in [0.25, 0.3) is 0 Å². The number of anilines is 1. The van der Waals surface area contributed by atoms with Gasteiger partial charge in [-0.3, -0.25) is 0 Å². The third-order valence-electron chi connectivity index (χ3n) is 3.88. The Hall–Kier alpha value is -1.62. The molecule has 4 nitrogen and oxygen atoms in total. The Kier molecular flexibility index (Phi) is 4.62. The molecule has 1 aromatic carbocycles. The van der Waals surface area contributed by atoms with E-state index < -0.39 is 0 Å². The van der Waals surface area contributed by atoms with E-state index in [0.717, 1.165) is 49.2 Å². The Labute approximate surface area is 136 Å². The molecule has 5 heteroatoms. The van der Waals surface area contributed by atoms with Gasteiger partial charge in [-0.05, 0) is 36.1 Å². The van der Waals surface area contributed by atoms with Gasteiger partial charge in [0.1, 0.15) is 11.6 Å². The van der Waals surface area contributed by atoms with E-state index in [9.17, 15) is 0 Å². The van der Waals surface area contributed by atoms with Gasteiger partial charge >= 0.3 is 0 Å². The van der Waals surface area contributed by atoms with Crippen molar-refractivity contribution in [2.75, 3.05) is 18.1 Å². The number of aromatic nitrogens is 2. The number of rotatable bonds is 5. The van der Waals surface area contributed by atoms with Crippen molar-refractivity contribution in [3.63, 3.8) is 0 Å². The highest BCUT2D eigenvalue weighted by Crippen LogP contribution is 2.29. The van der Waals surface area contributed by atoms with Crippen LogP contribution in [0.15, 0.2) is 18.2 Å². The molecule has 0 spiro atoms. The number of hydrogen-bond donors (Lipinski definition) is 0. The number of fused-ring (bicyclic) bond motifs is 1. The van der Waals surface area contributed by atoms with Crippen molar-refractivity contribution in [3.05, 3.63) is 35.2 Å². The number of nitrogens with zero attached hydrogens (tertiary/aromatic N) is 3. The highest BCUT2D eigenvalue weighted by Gasteiger charge is 2.20. The molecule has 0 atom stereocenters. The molecule has 1 aliphatic rings. The first-order valence-corrected chi connectivity index (χ1v) is 8.78. The van der Waals surface area contributed by atoms with Gasteiger partial charge in [-0.1, -0.05) is 26.8 Å². The van der Waals surface area contributed by atoms with Crippen molar-refractivity contribution in [2.45, 2.75) is 46.1 Å². The molecule has 118 valence electrons. The van der Waals surface area contributed by atoms with Crippen molar-refractivity contribution in [1.29, 1.82) is 0 Å². The molecule has 2 aromatic rings. The minimum Gasteiger partial charge on any atom is -0.494 e. The van der Waals surface area contributed by atoms with E-state index >= 15 is 0 Å². The van der Waals surface area contributed by atoms with Crippen LogP contribution in [0, 0.1) is 0 Å². The zero-order valence-electron chi connectivity index (χ0n) is 13.5. The molecule has 0 unspecified atom stereocenters. The van der Waals surface area contributed by atoms with Gasteiger partial charge in [-0.2, -0.15) is 4.37 Å². The zero-order chi connectivity index (χ0) is 15.5. The summed E-state index contributed by atoms with van der Waals surface area (Å²) in [4.78, 5) is 7.00. The summed E-state index contributed by atoms with van der Waals surface area (Å²) in [5.74, 6) is 2.33. The minimum absolute atomic E-state index is 0.389. The van der Waals surface area contributed by atoms with E-state index in [1.54, 1.807) is 0 Å². The van der Waals surface area contributed by atoms with Gasteiger partial charge in [0, 0.05) is 30.5 Å². The smallest absolute Gasteiger partial charge is 0.205 e. The van der Waals surface area contributed by atoms with Crippen molar-refractivity contribution in [3.8, 4) is 5.75 Å². The fourth-order valence-electron chi connectivity index (χ4n) is 2.59. The lowest BCUT2D eigenvalue weighted by atomic mass is 10.00. The molecule has 3 rings (SSSR count). The van der Waals surface area contributed by atoms with E-state index in [4.69, 9.17) is 4.74 Å². The first-order valence-electron chi connectivity index (χ1n) is 8.00. The molecule has 0 radical (unpaired) electrons. The monoisotopic (exact) mass is 317 g/mol. The Bertz CT molecular complexity index is 639. The maximum absolute atomic E-state index is 5.73. The van der Waals surface area contributed by atoms with Crippen LogP contribution in [0.5, 0.6) is 5.75 Å². The molecular weight excluding hydrogens is 294 g/mol. The summed E-state index contributed by atoms with van der Waals surface area (Å²) in [5.41, 5.74) is 2.77. The van der Waals surface area contributed by atoms with E-state index in [1.165, 1.54) is 22.7 Å². The van der Waals surface area contributed by atoms with Crippen LogP contribution in [0.25, 0.3) is 0 Å². The summed E-state index contributed by atoms with van der Waals surface area (Å²) in [7, 11) is 0. The SMILES string of the molecule is CCCOc1ccc2c(c1)CCN(c1nc(C(C)C)ns1)C2. The molecule has 2 heterocycles. The van der Waals surface area contributed by atoms with E-state index in [0.29, 0.717) is 5.92 Å². The topological polar surface area (TPSA) is 38.2 Å². The van der Waals surface area contributed by atoms with Crippen molar-refractivity contribution in [2.24, 2.45) is 0 Å². The quantitative estimate of drug-likeness (QED) is 0.835. The number of hydrogen-bond acceptors (Lipinski definition) is 5. The fourth-order valence-corrected chi connectivity index (χ4v) is 3.42. The highest BCUT2D eigenvalue weighted by atomic mass is 32.1. The molecule has 0 bridgehead atoms. The average molecular weight is 317 g/mol. The molecule has 0 saturated heterocycles. The standard InChI is InChI=1S/C17H23N3OS/c1-4-9-21-15-6-5-14-11-20(8-7-13(14)10-15)17-18-16(12(2)3)19-22-17/h5-6,10,12H,4,7-9,11H2,1-3H3. The lowest BCUT2D eigenvalue weighted by molar-refractivity contribution is 0.317. The largest absolute Gasteiger partial charge is 0.494 e. The van der Waals surface area contributed by atoms with Crippen LogP contribution < -0.4 is 9.64 Å². The Morgan fingerprint density at radius 2 is 2.18 bits per heavy atom. The Balaban J connectivity index is 1.73. The molecule has 0 amide bonds. The van der Waals surface area contributed by atoms with Crippen molar-refractivity contribution < 1.29 is 4.74 Å². The van der Waals surface area contributed by atoms with Crippen LogP contribution in [0.1, 0.15) is 50.1 Å². The van der Waals surface area contributed by atoms with E-state index in [2.05, 4.69) is 53.2 Å². The third kappa shape index (κ3) is 3.24. The first kappa shape index (κ1) is 15.3. The summed E-state index contributed by atoms with van der Waals surface area (Å²) >= 11 is 1.51. The van der Waals surface area contributed by atoms with Gasteiger partial charge in [0.15, 0.2) is 0 Å². The van der Waals surface area contributed by atoms with Crippen LogP contribution in [0.4, 0.5) is 5.13 Å². The fraction of sp³-hybridized carbons (Fsp3) is 0.529. The molecule has 1 aromatic heterocycles. The first-order chi connectivity index (χ1) is 10.7. The van der Waals surface area contributed by atoms with E-state index in [1.807, 2.05) is 0 Å². The second kappa shape index (κ2) is 6.65. The maximum atomic E-state index is 5.73. The van der Waals surface area contributed by atoms with Crippen LogP contribution >= 0.6 is 11.5 Å². The lowest BCUT2D eigenvalue weighted by Gasteiger charge is -2.28. The lowest BCUT2D eigenvalue weighted by Crippen LogP contribution is -2.30. The second-order valence-electron chi connectivity index (χ2n) is 6.04. The van der Waals surface area contributed by atoms with Gasteiger partial charge in [-0.25, -0.2) is 4.98 Å². The summed E-state index contributed by atoms with van der Waals surface area (Å²) in [6.07, 6.45) is 2.08. The predicted octanol–water partition coefficient (Wildman–Crippen LogP) is 4.01. The third-order valence-corrected chi connectivity index (χ3v) is 4.67. The molecule has 0 fully saturated rings. The van der Waals surface area contributed by atoms with Crippen LogP contribution in [-0.4, -0.2) is 22.5 Å². The molecule has 0 aliphatic carbocycles. The predicted molar refractivity (Wildman–Crippen MR) is 91.0 cm³/mol. The van der Waals surface area contributed by atoms with Crippen LogP contribution in [0.2, 0.25) is 0 Å². The Morgan fingerprint density at radius 1 is 1.32 bits per heavy atom. The highest BCUT2D eigenvalue weighted by molar-refractivity contribution is 7.09. The summed E-state index contributed by atoms with van der Waals surface area (Å²) in [6.45, 7) is 9.09. The van der Waals surface area contributed by atoms with Crippen LogP contribution in [0.3, 0.4) is 0 Å². The van der Waals surface area contributed by atoms with Gasteiger partial charge < -0.3 is 9.64 Å². The molecule has 0 N–H and O–H groups in total. The minimum atomic E-state index is 0.389. The number of ether oxygens (including phenoxy) is 1. The molecular formula is C17H23N3OS. The normalized spacial score (nSPS) is 14.3. The summed E-state index contributed by atoms with van der Waals surface area (Å²) in [5, 5.41) is 1.04. The average Bonchev–Trinajstić information content (AvgIpc) is 3.02. The second-order valence-corrected chi connectivity index (χ2v) is 6.77. The van der Waals surface area contributed by atoms with Crippen molar-refractivity contribution >= 4 is 16.7 Å². The maximum Gasteiger partial charge on any atom is 0.205 e. The van der Waals surface area contributed by atoms with Gasteiger partial charge in [0.2, 0.25) is 5.13 Å². The van der Waals surface area contributed by atoms with Gasteiger partial charge in [-0.15, -0.1) is 0 Å². The van der Waals surface area contributed by atoms with E-state index in [-0.39, 0.29) is 0 Å². The number of benzene rings is 1. The van der Waals surface area contributed by atoms with Crippen molar-refractivity contribution in [1.82, 2.24) is 9.36 Å². The molecule has 22 heavy (non-hydrogen) atoms. The molecule has 0 saturated carbocycles.